The van der Waals surface area contributed by atoms with Gasteiger partial charge in [-0.25, -0.2) is 0 Å². The molecule has 0 aromatic carbocycles. The molecule has 2 rings (SSSR count). The van der Waals surface area contributed by atoms with Gasteiger partial charge in [-0.3, -0.25) is 9.80 Å². The lowest BCUT2D eigenvalue weighted by Gasteiger charge is -2.36. The van der Waals surface area contributed by atoms with Crippen LogP contribution in [0.1, 0.15) is 24.7 Å². The molecule has 0 spiro atoms. The van der Waals surface area contributed by atoms with Crippen LogP contribution in [0.4, 0.5) is 0 Å². The Morgan fingerprint density at radius 1 is 1.28 bits per heavy atom. The smallest absolute Gasteiger partial charge is 0.233 e. The summed E-state index contributed by atoms with van der Waals surface area (Å²) in [6, 6.07) is 0.204. The van der Waals surface area contributed by atoms with Gasteiger partial charge in [0, 0.05) is 46.8 Å². The van der Waals surface area contributed by atoms with Gasteiger partial charge in [-0.05, 0) is 6.92 Å². The minimum atomic E-state index is 0.204. The number of piperazine rings is 1. The van der Waals surface area contributed by atoms with Crippen molar-refractivity contribution in [3.05, 3.63) is 11.8 Å². The molecule has 102 valence electrons. The largest absolute Gasteiger partial charge is 0.424 e. The average molecular weight is 254 g/mol. The Balaban J connectivity index is 1.82. The van der Waals surface area contributed by atoms with Crippen LogP contribution in [-0.2, 0) is 4.74 Å². The molecular formula is C12H22N4O2. The Labute approximate surface area is 108 Å². The summed E-state index contributed by atoms with van der Waals surface area (Å²) in [6.45, 7) is 9.97. The van der Waals surface area contributed by atoms with Crippen LogP contribution in [0.25, 0.3) is 0 Å². The second kappa shape index (κ2) is 6.26. The van der Waals surface area contributed by atoms with Crippen molar-refractivity contribution in [1.82, 2.24) is 20.0 Å². The van der Waals surface area contributed by atoms with Crippen LogP contribution >= 0.6 is 0 Å². The number of hydrogen-bond donors (Lipinski definition) is 0. The normalized spacial score (nSPS) is 20.2. The molecule has 0 saturated carbocycles. The Morgan fingerprint density at radius 3 is 2.56 bits per heavy atom. The Hall–Kier alpha value is -0.980. The number of ether oxygens (including phenoxy) is 1. The number of aryl methyl sites for hydroxylation is 1. The lowest BCUT2D eigenvalue weighted by atomic mass is 10.2. The van der Waals surface area contributed by atoms with Crippen molar-refractivity contribution in [3.8, 4) is 0 Å². The Kier molecular flexibility index (Phi) is 4.68. The molecule has 1 unspecified atom stereocenters. The minimum Gasteiger partial charge on any atom is -0.424 e. The van der Waals surface area contributed by atoms with Crippen molar-refractivity contribution in [2.45, 2.75) is 19.9 Å². The minimum absolute atomic E-state index is 0.204. The fourth-order valence-electron chi connectivity index (χ4n) is 2.23. The van der Waals surface area contributed by atoms with Crippen molar-refractivity contribution in [2.24, 2.45) is 0 Å². The summed E-state index contributed by atoms with van der Waals surface area (Å²) in [6.07, 6.45) is 0. The van der Waals surface area contributed by atoms with Crippen LogP contribution in [0.15, 0.2) is 4.42 Å². The molecule has 0 N–H and O–H groups in total. The van der Waals surface area contributed by atoms with Crippen molar-refractivity contribution in [3.63, 3.8) is 0 Å². The van der Waals surface area contributed by atoms with Crippen molar-refractivity contribution < 1.29 is 9.15 Å². The third kappa shape index (κ3) is 3.28. The van der Waals surface area contributed by atoms with E-state index in [0.29, 0.717) is 5.89 Å². The summed E-state index contributed by atoms with van der Waals surface area (Å²) in [7, 11) is 1.75. The molecule has 0 radical (unpaired) electrons. The molecule has 1 aliphatic heterocycles. The molecule has 1 saturated heterocycles. The molecule has 6 nitrogen and oxygen atoms in total. The summed E-state index contributed by atoms with van der Waals surface area (Å²) in [5, 5.41) is 7.99. The van der Waals surface area contributed by atoms with Gasteiger partial charge in [-0.1, -0.05) is 0 Å². The molecule has 0 aliphatic carbocycles. The first-order valence-corrected chi connectivity index (χ1v) is 6.46. The van der Waals surface area contributed by atoms with Gasteiger partial charge < -0.3 is 9.15 Å². The molecule has 0 bridgehead atoms. The summed E-state index contributed by atoms with van der Waals surface area (Å²) in [5.41, 5.74) is 0. The number of rotatable bonds is 5. The fraction of sp³-hybridized carbons (Fsp3) is 0.833. The van der Waals surface area contributed by atoms with E-state index < -0.39 is 0 Å². The molecule has 18 heavy (non-hydrogen) atoms. The van der Waals surface area contributed by atoms with Crippen LogP contribution in [0.3, 0.4) is 0 Å². The highest BCUT2D eigenvalue weighted by atomic mass is 16.5. The molecule has 2 heterocycles. The number of nitrogens with zero attached hydrogens (tertiary/aromatic N) is 4. The summed E-state index contributed by atoms with van der Waals surface area (Å²) >= 11 is 0. The zero-order chi connectivity index (χ0) is 13.0. The predicted octanol–water partition coefficient (Wildman–Crippen LogP) is 0.703. The van der Waals surface area contributed by atoms with Gasteiger partial charge in [0.1, 0.15) is 0 Å². The van der Waals surface area contributed by atoms with Gasteiger partial charge in [0.15, 0.2) is 0 Å². The van der Waals surface area contributed by atoms with Crippen LogP contribution < -0.4 is 0 Å². The number of aromatic nitrogens is 2. The van der Waals surface area contributed by atoms with Crippen LogP contribution in [0.5, 0.6) is 0 Å². The SMILES string of the molecule is COCCN1CCN(C(C)c2nnc(C)o2)CC1. The summed E-state index contributed by atoms with van der Waals surface area (Å²) in [4.78, 5) is 4.81. The fourth-order valence-corrected chi connectivity index (χ4v) is 2.23. The maximum Gasteiger partial charge on any atom is 0.233 e. The lowest BCUT2D eigenvalue weighted by Crippen LogP contribution is -2.47. The van der Waals surface area contributed by atoms with Crippen molar-refractivity contribution in [2.75, 3.05) is 46.4 Å². The van der Waals surface area contributed by atoms with Gasteiger partial charge >= 0.3 is 0 Å². The van der Waals surface area contributed by atoms with Crippen LogP contribution in [-0.4, -0.2) is 66.4 Å². The zero-order valence-corrected chi connectivity index (χ0v) is 11.4. The molecule has 0 amide bonds. The van der Waals surface area contributed by atoms with Crippen LogP contribution in [0.2, 0.25) is 0 Å². The number of methoxy groups -OCH3 is 1. The van der Waals surface area contributed by atoms with E-state index in [0.717, 1.165) is 45.2 Å². The average Bonchev–Trinajstić information content (AvgIpc) is 2.83. The highest BCUT2D eigenvalue weighted by Crippen LogP contribution is 2.20. The summed E-state index contributed by atoms with van der Waals surface area (Å²) < 4.78 is 10.6. The van der Waals surface area contributed by atoms with E-state index in [2.05, 4.69) is 26.9 Å². The van der Waals surface area contributed by atoms with Crippen LogP contribution in [0, 0.1) is 6.92 Å². The molecule has 1 aliphatic rings. The first-order valence-electron chi connectivity index (χ1n) is 6.46. The first-order chi connectivity index (χ1) is 8.70. The van der Waals surface area contributed by atoms with Gasteiger partial charge in [-0.2, -0.15) is 0 Å². The molecule has 1 fully saturated rings. The van der Waals surface area contributed by atoms with E-state index in [9.17, 15) is 0 Å². The zero-order valence-electron chi connectivity index (χ0n) is 11.4. The molecule has 1 aromatic heterocycles. The van der Waals surface area contributed by atoms with E-state index in [4.69, 9.17) is 9.15 Å². The van der Waals surface area contributed by atoms with Gasteiger partial charge in [0.2, 0.25) is 11.8 Å². The monoisotopic (exact) mass is 254 g/mol. The molecule has 1 atom stereocenters. The second-order valence-electron chi connectivity index (χ2n) is 4.71. The van der Waals surface area contributed by atoms with E-state index in [1.807, 2.05) is 6.92 Å². The van der Waals surface area contributed by atoms with E-state index in [1.165, 1.54) is 0 Å². The maximum absolute atomic E-state index is 5.49. The molecule has 1 aromatic rings. The second-order valence-corrected chi connectivity index (χ2v) is 4.71. The Bertz CT molecular complexity index is 361. The van der Waals surface area contributed by atoms with E-state index in [-0.39, 0.29) is 6.04 Å². The molecular weight excluding hydrogens is 232 g/mol. The number of hydrogen-bond acceptors (Lipinski definition) is 6. The standard InChI is InChI=1S/C12H22N4O2/c1-10(12-14-13-11(2)18-12)16-6-4-15(5-7-16)8-9-17-3/h10H,4-9H2,1-3H3. The topological polar surface area (TPSA) is 54.6 Å². The van der Waals surface area contributed by atoms with E-state index in [1.54, 1.807) is 7.11 Å². The van der Waals surface area contributed by atoms with Gasteiger partial charge in [-0.15, -0.1) is 10.2 Å². The van der Waals surface area contributed by atoms with Crippen molar-refractivity contribution >= 4 is 0 Å². The first kappa shape index (κ1) is 13.5. The third-order valence-corrected chi connectivity index (χ3v) is 3.47. The maximum atomic E-state index is 5.49. The van der Waals surface area contributed by atoms with Gasteiger partial charge in [0.25, 0.3) is 0 Å². The third-order valence-electron chi connectivity index (χ3n) is 3.47. The predicted molar refractivity (Wildman–Crippen MR) is 67.3 cm³/mol. The van der Waals surface area contributed by atoms with E-state index >= 15 is 0 Å². The Morgan fingerprint density at radius 2 is 2.00 bits per heavy atom. The van der Waals surface area contributed by atoms with Gasteiger partial charge in [0.05, 0.1) is 12.6 Å². The lowest BCUT2D eigenvalue weighted by molar-refractivity contribution is 0.0713. The van der Waals surface area contributed by atoms with Crippen molar-refractivity contribution in [1.29, 1.82) is 0 Å². The summed E-state index contributed by atoms with van der Waals surface area (Å²) in [5.74, 6) is 1.36. The highest BCUT2D eigenvalue weighted by molar-refractivity contribution is 4.89. The molecule has 6 heteroatoms. The highest BCUT2D eigenvalue weighted by Gasteiger charge is 2.24. The quantitative estimate of drug-likeness (QED) is 0.771.